The van der Waals surface area contributed by atoms with E-state index in [0.29, 0.717) is 16.3 Å². The number of phenolic OH excluding ortho intramolecular Hbond substituents is 1. The molecule has 2 rings (SSSR count). The van der Waals surface area contributed by atoms with Crippen LogP contribution < -0.4 is 10.7 Å². The third-order valence-corrected chi connectivity index (χ3v) is 3.11. The summed E-state index contributed by atoms with van der Waals surface area (Å²) in [6, 6.07) is 11.4. The van der Waals surface area contributed by atoms with Crippen LogP contribution in [0.2, 0.25) is 5.02 Å². The number of aromatic hydroxyl groups is 1. The van der Waals surface area contributed by atoms with Gasteiger partial charge in [0, 0.05) is 16.3 Å². The Kier molecular flexibility index (Phi) is 5.32. The highest BCUT2D eigenvalue weighted by molar-refractivity contribution is 6.39. The predicted molar refractivity (Wildman–Crippen MR) is 88.7 cm³/mol. The smallest absolute Gasteiger partial charge is 0.329 e. The first-order valence-corrected chi connectivity index (χ1v) is 7.03. The minimum absolute atomic E-state index is 0.0449. The number of nitrogens with zero attached hydrogens (tertiary/aromatic N) is 1. The van der Waals surface area contributed by atoms with Gasteiger partial charge in [-0.1, -0.05) is 29.3 Å². The minimum Gasteiger partial charge on any atom is -0.507 e. The van der Waals surface area contributed by atoms with Crippen LogP contribution in [0, 0.1) is 6.92 Å². The van der Waals surface area contributed by atoms with E-state index in [-0.39, 0.29) is 5.75 Å². The summed E-state index contributed by atoms with van der Waals surface area (Å²) in [6.45, 7) is 1.91. The first-order valence-electron chi connectivity index (χ1n) is 6.65. The first kappa shape index (κ1) is 16.5. The Morgan fingerprint density at radius 2 is 1.83 bits per heavy atom. The lowest BCUT2D eigenvalue weighted by atomic mass is 10.2. The molecule has 0 saturated heterocycles. The lowest BCUT2D eigenvalue weighted by Gasteiger charge is -2.04. The fourth-order valence-corrected chi connectivity index (χ4v) is 1.85. The molecule has 0 aliphatic heterocycles. The van der Waals surface area contributed by atoms with E-state index in [0.717, 1.165) is 5.56 Å². The molecule has 0 aliphatic rings. The number of amides is 2. The van der Waals surface area contributed by atoms with Crippen LogP contribution in [0.25, 0.3) is 0 Å². The van der Waals surface area contributed by atoms with Gasteiger partial charge in [-0.2, -0.15) is 5.10 Å². The number of rotatable bonds is 3. The molecule has 0 atom stereocenters. The first-order chi connectivity index (χ1) is 11.0. The number of nitrogens with one attached hydrogen (secondary N) is 2. The zero-order chi connectivity index (χ0) is 16.8. The lowest BCUT2D eigenvalue weighted by Crippen LogP contribution is -2.32. The standard InChI is InChI=1S/C16H14ClN3O3/c1-10-2-5-13(6-3-10)19-15(22)16(23)20-18-9-11-8-12(17)4-7-14(11)21/h2-9,21H,1H3,(H,19,22)(H,20,23)/b18-9+. The molecule has 0 heterocycles. The number of phenols is 1. The second-order valence-corrected chi connectivity index (χ2v) is 5.16. The average Bonchev–Trinajstić information content (AvgIpc) is 2.52. The summed E-state index contributed by atoms with van der Waals surface area (Å²) in [5.74, 6) is -1.82. The zero-order valence-electron chi connectivity index (χ0n) is 12.2. The van der Waals surface area contributed by atoms with E-state index in [4.69, 9.17) is 11.6 Å². The minimum atomic E-state index is -0.927. The molecule has 0 unspecified atom stereocenters. The van der Waals surface area contributed by atoms with Crippen LogP contribution in [0.15, 0.2) is 47.6 Å². The number of carbonyl (C=O) groups is 2. The van der Waals surface area contributed by atoms with Crippen molar-refractivity contribution >= 4 is 35.3 Å². The van der Waals surface area contributed by atoms with Gasteiger partial charge in [0.2, 0.25) is 0 Å². The number of benzene rings is 2. The number of carbonyl (C=O) groups excluding carboxylic acids is 2. The zero-order valence-corrected chi connectivity index (χ0v) is 13.0. The number of hydrogen-bond donors (Lipinski definition) is 3. The second kappa shape index (κ2) is 7.42. The summed E-state index contributed by atoms with van der Waals surface area (Å²) < 4.78 is 0. The second-order valence-electron chi connectivity index (χ2n) is 4.72. The van der Waals surface area contributed by atoms with E-state index in [1.807, 2.05) is 19.1 Å². The Morgan fingerprint density at radius 3 is 2.52 bits per heavy atom. The normalized spacial score (nSPS) is 10.5. The Bertz CT molecular complexity index is 758. The predicted octanol–water partition coefficient (Wildman–Crippen LogP) is 2.44. The van der Waals surface area contributed by atoms with Gasteiger partial charge in [0.1, 0.15) is 5.75 Å². The summed E-state index contributed by atoms with van der Waals surface area (Å²) in [4.78, 5) is 23.3. The van der Waals surface area contributed by atoms with Crippen molar-refractivity contribution in [1.29, 1.82) is 0 Å². The molecule has 0 spiro atoms. The van der Waals surface area contributed by atoms with Crippen molar-refractivity contribution < 1.29 is 14.7 Å². The molecule has 7 heteroatoms. The van der Waals surface area contributed by atoms with E-state index in [9.17, 15) is 14.7 Å². The van der Waals surface area contributed by atoms with Crippen molar-refractivity contribution in [3.05, 3.63) is 58.6 Å². The van der Waals surface area contributed by atoms with Crippen molar-refractivity contribution in [2.45, 2.75) is 6.92 Å². The van der Waals surface area contributed by atoms with Crippen LogP contribution in [0.4, 0.5) is 5.69 Å². The van der Waals surface area contributed by atoms with Crippen LogP contribution in [0.1, 0.15) is 11.1 Å². The number of aryl methyl sites for hydroxylation is 1. The molecule has 2 amide bonds. The van der Waals surface area contributed by atoms with Crippen molar-refractivity contribution in [2.75, 3.05) is 5.32 Å². The maximum Gasteiger partial charge on any atom is 0.329 e. The Balaban J connectivity index is 1.93. The van der Waals surface area contributed by atoms with Crippen molar-refractivity contribution in [3.8, 4) is 5.75 Å². The number of halogens is 1. The summed E-state index contributed by atoms with van der Waals surface area (Å²) in [6.07, 6.45) is 1.19. The van der Waals surface area contributed by atoms with Crippen molar-refractivity contribution in [3.63, 3.8) is 0 Å². The van der Waals surface area contributed by atoms with E-state index in [1.165, 1.54) is 24.4 Å². The lowest BCUT2D eigenvalue weighted by molar-refractivity contribution is -0.136. The molecule has 0 aliphatic carbocycles. The van der Waals surface area contributed by atoms with Crippen molar-refractivity contribution in [1.82, 2.24) is 5.43 Å². The summed E-state index contributed by atoms with van der Waals surface area (Å²) >= 11 is 5.79. The summed E-state index contributed by atoms with van der Waals surface area (Å²) in [5, 5.41) is 16.1. The average molecular weight is 332 g/mol. The largest absolute Gasteiger partial charge is 0.507 e. The molecule has 118 valence electrons. The van der Waals surface area contributed by atoms with E-state index >= 15 is 0 Å². The van der Waals surface area contributed by atoms with Gasteiger partial charge in [0.05, 0.1) is 6.21 Å². The van der Waals surface area contributed by atoms with Crippen LogP contribution in [0.5, 0.6) is 5.75 Å². The molecule has 0 radical (unpaired) electrons. The maximum atomic E-state index is 11.7. The summed E-state index contributed by atoms with van der Waals surface area (Å²) in [7, 11) is 0. The van der Waals surface area contributed by atoms with Gasteiger partial charge in [-0.15, -0.1) is 0 Å². The maximum absolute atomic E-state index is 11.7. The molecule has 0 saturated carbocycles. The molecule has 2 aromatic rings. The van der Waals surface area contributed by atoms with Gasteiger partial charge in [-0.05, 0) is 37.3 Å². The molecule has 3 N–H and O–H groups in total. The molecular formula is C16H14ClN3O3. The van der Waals surface area contributed by atoms with E-state index in [1.54, 1.807) is 12.1 Å². The van der Waals surface area contributed by atoms with Gasteiger partial charge in [-0.3, -0.25) is 9.59 Å². The Morgan fingerprint density at radius 1 is 1.13 bits per heavy atom. The fourth-order valence-electron chi connectivity index (χ4n) is 1.66. The topological polar surface area (TPSA) is 90.8 Å². The van der Waals surface area contributed by atoms with Gasteiger partial charge < -0.3 is 10.4 Å². The quantitative estimate of drug-likeness (QED) is 0.458. The molecule has 0 bridgehead atoms. The SMILES string of the molecule is Cc1ccc(NC(=O)C(=O)N/N=C/c2cc(Cl)ccc2O)cc1. The third-order valence-electron chi connectivity index (χ3n) is 2.87. The van der Waals surface area contributed by atoms with Crippen LogP contribution in [-0.4, -0.2) is 23.1 Å². The van der Waals surface area contributed by atoms with Gasteiger partial charge in [0.15, 0.2) is 0 Å². The summed E-state index contributed by atoms with van der Waals surface area (Å²) in [5.41, 5.74) is 3.94. The molecule has 0 fully saturated rings. The highest BCUT2D eigenvalue weighted by Crippen LogP contribution is 2.19. The van der Waals surface area contributed by atoms with Gasteiger partial charge >= 0.3 is 11.8 Å². The third kappa shape index (κ3) is 4.82. The van der Waals surface area contributed by atoms with Gasteiger partial charge in [-0.25, -0.2) is 5.43 Å². The molecule has 23 heavy (non-hydrogen) atoms. The van der Waals surface area contributed by atoms with Crippen LogP contribution >= 0.6 is 11.6 Å². The van der Waals surface area contributed by atoms with E-state index < -0.39 is 11.8 Å². The van der Waals surface area contributed by atoms with Crippen LogP contribution in [-0.2, 0) is 9.59 Å². The number of anilines is 1. The van der Waals surface area contributed by atoms with Gasteiger partial charge in [0.25, 0.3) is 0 Å². The van der Waals surface area contributed by atoms with E-state index in [2.05, 4.69) is 15.8 Å². The van der Waals surface area contributed by atoms with Crippen molar-refractivity contribution in [2.24, 2.45) is 5.10 Å². The Hall–Kier alpha value is -2.86. The molecule has 2 aromatic carbocycles. The monoisotopic (exact) mass is 331 g/mol. The number of hydrazone groups is 1. The molecule has 6 nitrogen and oxygen atoms in total. The number of hydrogen-bond acceptors (Lipinski definition) is 4. The van der Waals surface area contributed by atoms with Crippen LogP contribution in [0.3, 0.4) is 0 Å². The highest BCUT2D eigenvalue weighted by atomic mass is 35.5. The molecule has 0 aromatic heterocycles. The molecular weight excluding hydrogens is 318 g/mol. The highest BCUT2D eigenvalue weighted by Gasteiger charge is 2.12. The Labute approximate surface area is 137 Å². The fraction of sp³-hybridized carbons (Fsp3) is 0.0625.